The summed E-state index contributed by atoms with van der Waals surface area (Å²) in [6.45, 7) is 1.73. The Kier molecular flexibility index (Phi) is 5.65. The first kappa shape index (κ1) is 19.0. The molecule has 0 bridgehead atoms. The predicted octanol–water partition coefficient (Wildman–Crippen LogP) is 3.73. The molecule has 5 heteroatoms. The molecule has 1 atom stereocenters. The number of benzene rings is 3. The molecule has 0 spiro atoms. The normalized spacial score (nSPS) is 11.5. The maximum absolute atomic E-state index is 12.5. The summed E-state index contributed by atoms with van der Waals surface area (Å²) in [7, 11) is 0. The van der Waals surface area contributed by atoms with Crippen LogP contribution in [0.15, 0.2) is 78.9 Å². The summed E-state index contributed by atoms with van der Waals surface area (Å²) in [6.07, 6.45) is 0. The Bertz CT molecular complexity index is 993. The Morgan fingerprint density at radius 2 is 1.29 bits per heavy atom. The second-order valence-corrected chi connectivity index (χ2v) is 6.35. The number of carbonyl (C=O) groups is 3. The summed E-state index contributed by atoms with van der Waals surface area (Å²) in [5.41, 5.74) is 7.43. The van der Waals surface area contributed by atoms with Crippen molar-refractivity contribution in [3.05, 3.63) is 101 Å². The van der Waals surface area contributed by atoms with Crippen molar-refractivity contribution in [2.45, 2.75) is 12.8 Å². The maximum Gasteiger partial charge on any atom is 0.318 e. The molecule has 3 aromatic rings. The molecule has 0 aliphatic carbocycles. The monoisotopic (exact) mass is 373 g/mol. The third kappa shape index (κ3) is 4.32. The molecule has 0 aliphatic heterocycles. The average Bonchev–Trinajstić information content (AvgIpc) is 2.73. The highest BCUT2D eigenvalue weighted by molar-refractivity contribution is 6.09. The Balaban J connectivity index is 1.68. The van der Waals surface area contributed by atoms with Gasteiger partial charge in [0, 0.05) is 16.7 Å². The summed E-state index contributed by atoms with van der Waals surface area (Å²) in [4.78, 5) is 35.9. The van der Waals surface area contributed by atoms with E-state index < -0.39 is 17.8 Å². The lowest BCUT2D eigenvalue weighted by atomic mass is 9.97. The molecule has 1 amide bonds. The number of rotatable bonds is 6. The second-order valence-electron chi connectivity index (χ2n) is 6.35. The molecule has 5 nitrogen and oxygen atoms in total. The maximum atomic E-state index is 12.5. The van der Waals surface area contributed by atoms with E-state index >= 15 is 0 Å². The lowest BCUT2D eigenvalue weighted by Crippen LogP contribution is -2.16. The first-order valence-corrected chi connectivity index (χ1v) is 8.77. The van der Waals surface area contributed by atoms with Crippen LogP contribution in [0.3, 0.4) is 0 Å². The van der Waals surface area contributed by atoms with Crippen LogP contribution in [0.25, 0.3) is 0 Å². The lowest BCUT2D eigenvalue weighted by Gasteiger charge is -2.12. The standard InChI is InChI=1S/C23H19NO4/c1-15(23(27)28-20-13-11-19(12-14-20)22(24)26)16-7-9-18(10-8-16)21(25)17-5-3-2-4-6-17/h2-15H,1H3,(H2,24,26). The van der Waals surface area contributed by atoms with E-state index in [4.69, 9.17) is 10.5 Å². The molecule has 0 radical (unpaired) electrons. The van der Waals surface area contributed by atoms with Gasteiger partial charge in [0.15, 0.2) is 5.78 Å². The van der Waals surface area contributed by atoms with E-state index in [2.05, 4.69) is 0 Å². The van der Waals surface area contributed by atoms with Gasteiger partial charge in [-0.1, -0.05) is 54.6 Å². The highest BCUT2D eigenvalue weighted by Gasteiger charge is 2.18. The van der Waals surface area contributed by atoms with Gasteiger partial charge in [-0.05, 0) is 36.8 Å². The number of carbonyl (C=O) groups excluding carboxylic acids is 3. The van der Waals surface area contributed by atoms with E-state index in [1.807, 2.05) is 18.2 Å². The fraction of sp³-hybridized carbons (Fsp3) is 0.0870. The third-order valence-corrected chi connectivity index (χ3v) is 4.42. The van der Waals surface area contributed by atoms with Gasteiger partial charge in [0.05, 0.1) is 5.92 Å². The highest BCUT2D eigenvalue weighted by Crippen LogP contribution is 2.21. The number of hydrogen-bond donors (Lipinski definition) is 1. The van der Waals surface area contributed by atoms with Crippen molar-refractivity contribution >= 4 is 17.7 Å². The van der Waals surface area contributed by atoms with Crippen LogP contribution in [0.2, 0.25) is 0 Å². The van der Waals surface area contributed by atoms with E-state index in [1.165, 1.54) is 24.3 Å². The van der Waals surface area contributed by atoms with Gasteiger partial charge in [-0.25, -0.2) is 0 Å². The van der Waals surface area contributed by atoms with Crippen LogP contribution in [-0.2, 0) is 4.79 Å². The lowest BCUT2D eigenvalue weighted by molar-refractivity contribution is -0.135. The van der Waals surface area contributed by atoms with Gasteiger partial charge in [-0.15, -0.1) is 0 Å². The fourth-order valence-electron chi connectivity index (χ4n) is 2.71. The Morgan fingerprint density at radius 1 is 0.750 bits per heavy atom. The van der Waals surface area contributed by atoms with E-state index in [-0.39, 0.29) is 5.78 Å². The first-order chi connectivity index (χ1) is 13.5. The average molecular weight is 373 g/mol. The zero-order valence-electron chi connectivity index (χ0n) is 15.3. The molecular formula is C23H19NO4. The Labute approximate surface area is 162 Å². The molecule has 28 heavy (non-hydrogen) atoms. The molecule has 0 aliphatic rings. The van der Waals surface area contributed by atoms with Gasteiger partial charge in [0.25, 0.3) is 0 Å². The number of hydrogen-bond acceptors (Lipinski definition) is 4. The number of amides is 1. The molecule has 0 heterocycles. The molecule has 1 unspecified atom stereocenters. The molecule has 0 fully saturated rings. The molecule has 0 saturated carbocycles. The number of nitrogens with two attached hydrogens (primary N) is 1. The highest BCUT2D eigenvalue weighted by atomic mass is 16.5. The molecule has 3 aromatic carbocycles. The fourth-order valence-corrected chi connectivity index (χ4v) is 2.71. The molecule has 0 aromatic heterocycles. The Morgan fingerprint density at radius 3 is 1.86 bits per heavy atom. The second kappa shape index (κ2) is 8.31. The summed E-state index contributed by atoms with van der Waals surface area (Å²) < 4.78 is 5.35. The van der Waals surface area contributed by atoms with Crippen LogP contribution in [0, 0.1) is 0 Å². The quantitative estimate of drug-likeness (QED) is 0.405. The van der Waals surface area contributed by atoms with Crippen molar-refractivity contribution in [1.29, 1.82) is 0 Å². The van der Waals surface area contributed by atoms with Crippen LogP contribution in [-0.4, -0.2) is 17.7 Å². The van der Waals surface area contributed by atoms with Gasteiger partial charge < -0.3 is 10.5 Å². The van der Waals surface area contributed by atoms with Crippen LogP contribution in [0.5, 0.6) is 5.75 Å². The Hall–Kier alpha value is -3.73. The molecule has 2 N–H and O–H groups in total. The van der Waals surface area contributed by atoms with Crippen LogP contribution >= 0.6 is 0 Å². The van der Waals surface area contributed by atoms with E-state index in [0.29, 0.717) is 22.4 Å². The van der Waals surface area contributed by atoms with E-state index in [0.717, 1.165) is 5.56 Å². The van der Waals surface area contributed by atoms with Gasteiger partial charge in [0.2, 0.25) is 5.91 Å². The minimum Gasteiger partial charge on any atom is -0.426 e. The molecule has 3 rings (SSSR count). The van der Waals surface area contributed by atoms with Crippen molar-refractivity contribution in [1.82, 2.24) is 0 Å². The minimum atomic E-state index is -0.545. The van der Waals surface area contributed by atoms with E-state index in [9.17, 15) is 14.4 Å². The number of esters is 1. The van der Waals surface area contributed by atoms with Crippen molar-refractivity contribution < 1.29 is 19.1 Å². The summed E-state index contributed by atoms with van der Waals surface area (Å²) >= 11 is 0. The smallest absolute Gasteiger partial charge is 0.318 e. The van der Waals surface area contributed by atoms with Crippen LogP contribution < -0.4 is 10.5 Å². The number of ether oxygens (including phenoxy) is 1. The summed E-state index contributed by atoms with van der Waals surface area (Å²) in [5.74, 6) is -1.24. The van der Waals surface area contributed by atoms with Crippen LogP contribution in [0.4, 0.5) is 0 Å². The van der Waals surface area contributed by atoms with Crippen molar-refractivity contribution in [2.75, 3.05) is 0 Å². The molecular weight excluding hydrogens is 354 g/mol. The largest absolute Gasteiger partial charge is 0.426 e. The van der Waals surface area contributed by atoms with Crippen molar-refractivity contribution in [3.63, 3.8) is 0 Å². The molecule has 0 saturated heterocycles. The third-order valence-electron chi connectivity index (χ3n) is 4.42. The molecule has 140 valence electrons. The zero-order chi connectivity index (χ0) is 20.1. The van der Waals surface area contributed by atoms with Gasteiger partial charge in [-0.3, -0.25) is 14.4 Å². The van der Waals surface area contributed by atoms with Crippen LogP contribution in [0.1, 0.15) is 44.7 Å². The van der Waals surface area contributed by atoms with Crippen molar-refractivity contribution in [3.8, 4) is 5.75 Å². The first-order valence-electron chi connectivity index (χ1n) is 8.77. The van der Waals surface area contributed by atoms with Gasteiger partial charge in [0.1, 0.15) is 5.75 Å². The predicted molar refractivity (Wildman–Crippen MR) is 105 cm³/mol. The van der Waals surface area contributed by atoms with E-state index in [1.54, 1.807) is 43.3 Å². The number of primary amides is 1. The zero-order valence-corrected chi connectivity index (χ0v) is 15.3. The topological polar surface area (TPSA) is 86.5 Å². The summed E-state index contributed by atoms with van der Waals surface area (Å²) in [6, 6.07) is 22.0. The number of ketones is 1. The summed E-state index contributed by atoms with van der Waals surface area (Å²) in [5, 5.41) is 0. The minimum absolute atomic E-state index is 0.0723. The van der Waals surface area contributed by atoms with Gasteiger partial charge in [-0.2, -0.15) is 0 Å². The van der Waals surface area contributed by atoms with Gasteiger partial charge >= 0.3 is 5.97 Å². The van der Waals surface area contributed by atoms with Crippen molar-refractivity contribution in [2.24, 2.45) is 5.73 Å². The SMILES string of the molecule is CC(C(=O)Oc1ccc(C(N)=O)cc1)c1ccc(C(=O)c2ccccc2)cc1.